The number of carbonyl (C=O) groups excluding carboxylic acids is 1. The number of nitrogens with one attached hydrogen (secondary N) is 2. The predicted octanol–water partition coefficient (Wildman–Crippen LogP) is 5.64. The molecule has 5 heteroatoms. The van der Waals surface area contributed by atoms with Crippen LogP contribution in [0.15, 0.2) is 0 Å². The van der Waals surface area contributed by atoms with Crippen LogP contribution in [0.25, 0.3) is 0 Å². The molecule has 0 saturated carbocycles. The molecule has 0 aliphatic heterocycles. The lowest BCUT2D eigenvalue weighted by Crippen LogP contribution is -2.64. The molecule has 0 aromatic carbocycles. The average molecular weight is 433 g/mol. The van der Waals surface area contributed by atoms with E-state index >= 15 is 0 Å². The third-order valence-electron chi connectivity index (χ3n) is 8.03. The molecule has 4 unspecified atom stereocenters. The highest BCUT2D eigenvalue weighted by molar-refractivity contribution is 7.19. The van der Waals surface area contributed by atoms with Gasteiger partial charge in [0.15, 0.2) is 0 Å². The quantitative estimate of drug-likeness (QED) is 0.415. The normalized spacial score (nSPS) is 18.4. The molecule has 0 radical (unpaired) electrons. The van der Waals surface area contributed by atoms with E-state index in [0.29, 0.717) is 5.41 Å². The summed E-state index contributed by atoms with van der Waals surface area (Å²) in [5.74, 6) is 0.0682. The Hall–Kier alpha value is 0.290. The van der Waals surface area contributed by atoms with Gasteiger partial charge in [-0.3, -0.25) is 4.79 Å². The topological polar surface area (TPSA) is 41.1 Å². The van der Waals surface area contributed by atoms with E-state index in [9.17, 15) is 4.79 Å². The summed E-state index contributed by atoms with van der Waals surface area (Å²) in [5.41, 5.74) is -0.169. The van der Waals surface area contributed by atoms with Crippen LogP contribution in [0.2, 0.25) is 0 Å². The van der Waals surface area contributed by atoms with Crippen molar-refractivity contribution in [1.82, 2.24) is 10.6 Å². The molecule has 0 saturated heterocycles. The third kappa shape index (κ3) is 6.15. The van der Waals surface area contributed by atoms with Gasteiger partial charge in [0.1, 0.15) is 0 Å². The Balaban J connectivity index is 5.25. The maximum atomic E-state index is 12.5. The summed E-state index contributed by atoms with van der Waals surface area (Å²) in [6.45, 7) is 25.7. The van der Waals surface area contributed by atoms with Gasteiger partial charge in [-0.25, -0.2) is 0 Å². The first-order chi connectivity index (χ1) is 12.2. The zero-order valence-electron chi connectivity index (χ0n) is 20.9. The molecule has 0 aliphatic rings. The Kier molecular flexibility index (Phi) is 9.29. The Morgan fingerprint density at radius 3 is 1.75 bits per heavy atom. The largest absolute Gasteiger partial charge is 0.359 e. The van der Waals surface area contributed by atoms with Crippen LogP contribution >= 0.6 is 18.5 Å². The molecular formula is C23H50N2OP2. The van der Waals surface area contributed by atoms with Gasteiger partial charge < -0.3 is 10.6 Å². The van der Waals surface area contributed by atoms with Gasteiger partial charge in [-0.1, -0.05) is 68.7 Å². The molecule has 1 amide bonds. The second kappa shape index (κ2) is 9.20. The van der Waals surface area contributed by atoms with Crippen molar-refractivity contribution < 1.29 is 4.79 Å². The van der Waals surface area contributed by atoms with Crippen LogP contribution in [0.4, 0.5) is 0 Å². The van der Waals surface area contributed by atoms with Crippen molar-refractivity contribution in [2.45, 2.75) is 111 Å². The van der Waals surface area contributed by atoms with Crippen LogP contribution in [0.3, 0.4) is 0 Å². The minimum atomic E-state index is -0.516. The second-order valence-corrected chi connectivity index (χ2v) is 14.1. The molecule has 168 valence electrons. The summed E-state index contributed by atoms with van der Waals surface area (Å²) in [4.78, 5) is 12.5. The molecule has 0 aromatic heterocycles. The van der Waals surface area contributed by atoms with E-state index in [4.69, 9.17) is 0 Å². The van der Waals surface area contributed by atoms with E-state index in [1.807, 2.05) is 13.8 Å². The first-order valence-electron chi connectivity index (χ1n) is 10.8. The van der Waals surface area contributed by atoms with Crippen molar-refractivity contribution in [2.24, 2.45) is 16.2 Å². The highest BCUT2D eigenvalue weighted by Gasteiger charge is 2.52. The van der Waals surface area contributed by atoms with Crippen LogP contribution in [0.1, 0.15) is 95.4 Å². The number of hydrogen-bond acceptors (Lipinski definition) is 2. The maximum Gasteiger partial charge on any atom is 0.226 e. The standard InChI is InChI=1S/C23H50N2OP2/c1-13-18(2,3)16-19(4,5)22(10,27)14-15-25-21(8,9)23(11,28)20(6,7)17(26)24-12/h25H,13-16,27-28H2,1-12H3,(H,24,26). The Morgan fingerprint density at radius 2 is 1.36 bits per heavy atom. The lowest BCUT2D eigenvalue weighted by Gasteiger charge is -2.52. The van der Waals surface area contributed by atoms with Gasteiger partial charge >= 0.3 is 0 Å². The molecule has 4 atom stereocenters. The highest BCUT2D eigenvalue weighted by atomic mass is 31.0. The van der Waals surface area contributed by atoms with Crippen LogP contribution in [0.5, 0.6) is 0 Å². The summed E-state index contributed by atoms with van der Waals surface area (Å²) >= 11 is 0. The summed E-state index contributed by atoms with van der Waals surface area (Å²) in [7, 11) is 7.81. The molecule has 0 heterocycles. The fourth-order valence-electron chi connectivity index (χ4n) is 4.01. The highest BCUT2D eigenvalue weighted by Crippen LogP contribution is 2.49. The maximum absolute atomic E-state index is 12.5. The van der Waals surface area contributed by atoms with Gasteiger partial charge in [-0.05, 0) is 49.2 Å². The van der Waals surface area contributed by atoms with Crippen LogP contribution in [-0.2, 0) is 4.79 Å². The zero-order chi connectivity index (χ0) is 22.8. The Bertz CT molecular complexity index is 535. The van der Waals surface area contributed by atoms with Crippen LogP contribution in [-0.4, -0.2) is 35.4 Å². The molecule has 0 fully saturated rings. The van der Waals surface area contributed by atoms with Crippen LogP contribution < -0.4 is 10.6 Å². The van der Waals surface area contributed by atoms with Crippen LogP contribution in [0, 0.1) is 16.2 Å². The molecule has 0 rings (SSSR count). The minimum absolute atomic E-state index is 0.0682. The van der Waals surface area contributed by atoms with Gasteiger partial charge in [0.25, 0.3) is 0 Å². The van der Waals surface area contributed by atoms with E-state index < -0.39 is 5.41 Å². The molecule has 2 N–H and O–H groups in total. The Morgan fingerprint density at radius 1 is 0.893 bits per heavy atom. The minimum Gasteiger partial charge on any atom is -0.359 e. The lowest BCUT2D eigenvalue weighted by atomic mass is 9.66. The Labute approximate surface area is 181 Å². The lowest BCUT2D eigenvalue weighted by molar-refractivity contribution is -0.131. The smallest absolute Gasteiger partial charge is 0.226 e. The number of amides is 1. The van der Waals surface area contributed by atoms with Crippen molar-refractivity contribution in [3.05, 3.63) is 0 Å². The fraction of sp³-hybridized carbons (Fsp3) is 0.957. The molecule has 0 aromatic rings. The van der Waals surface area contributed by atoms with Crippen molar-refractivity contribution in [3.63, 3.8) is 0 Å². The fourth-order valence-corrected chi connectivity index (χ4v) is 4.49. The molecule has 0 spiro atoms. The van der Waals surface area contributed by atoms with Crippen molar-refractivity contribution in [3.8, 4) is 0 Å². The summed E-state index contributed by atoms with van der Waals surface area (Å²) in [5, 5.41) is 6.43. The average Bonchev–Trinajstić information content (AvgIpc) is 2.51. The van der Waals surface area contributed by atoms with E-state index in [1.54, 1.807) is 7.05 Å². The first-order valence-corrected chi connectivity index (χ1v) is 11.9. The van der Waals surface area contributed by atoms with E-state index in [-0.39, 0.29) is 27.2 Å². The molecule has 28 heavy (non-hydrogen) atoms. The van der Waals surface area contributed by atoms with Gasteiger partial charge in [-0.15, -0.1) is 18.5 Å². The SMILES string of the molecule is CCC(C)(C)CC(C)(C)C(C)(P)CCNC(C)(C)C(C)(P)C(C)(C)C(=O)NC. The number of hydrogen-bond donors (Lipinski definition) is 2. The zero-order valence-corrected chi connectivity index (χ0v) is 23.2. The van der Waals surface area contributed by atoms with Gasteiger partial charge in [0.2, 0.25) is 5.91 Å². The number of carbonyl (C=O) groups is 1. The van der Waals surface area contributed by atoms with E-state index in [2.05, 4.69) is 91.4 Å². The van der Waals surface area contributed by atoms with Gasteiger partial charge in [0, 0.05) is 17.7 Å². The van der Waals surface area contributed by atoms with Crippen molar-refractivity contribution in [2.75, 3.05) is 13.6 Å². The molecule has 3 nitrogen and oxygen atoms in total. The molecular weight excluding hydrogens is 382 g/mol. The molecule has 0 bridgehead atoms. The second-order valence-electron chi connectivity index (χ2n) is 11.7. The van der Waals surface area contributed by atoms with Crippen molar-refractivity contribution in [1.29, 1.82) is 0 Å². The molecule has 0 aliphatic carbocycles. The van der Waals surface area contributed by atoms with Gasteiger partial charge in [-0.2, -0.15) is 0 Å². The van der Waals surface area contributed by atoms with E-state index in [1.165, 1.54) is 12.8 Å². The predicted molar refractivity (Wildman–Crippen MR) is 133 cm³/mol. The monoisotopic (exact) mass is 432 g/mol. The third-order valence-corrected chi connectivity index (χ3v) is 10.5. The summed E-state index contributed by atoms with van der Waals surface area (Å²) < 4.78 is 0. The summed E-state index contributed by atoms with van der Waals surface area (Å²) in [6.07, 6.45) is 3.46. The summed E-state index contributed by atoms with van der Waals surface area (Å²) in [6, 6.07) is 0. The first kappa shape index (κ1) is 28.3. The van der Waals surface area contributed by atoms with Crippen molar-refractivity contribution >= 4 is 24.4 Å². The van der Waals surface area contributed by atoms with E-state index in [0.717, 1.165) is 13.0 Å². The number of rotatable bonds is 11. The van der Waals surface area contributed by atoms with Gasteiger partial charge in [0.05, 0.1) is 5.41 Å².